The Hall–Kier alpha value is -1.91. The molecule has 0 saturated carbocycles. The van der Waals surface area contributed by atoms with E-state index in [1.807, 2.05) is 18.9 Å². The molecule has 252 valence electrons. The fourth-order valence-corrected chi connectivity index (χ4v) is 6.76. The number of rotatable bonds is 7. The van der Waals surface area contributed by atoms with Crippen molar-refractivity contribution < 1.29 is 48.7 Å². The van der Waals surface area contributed by atoms with Crippen LogP contribution in [-0.4, -0.2) is 113 Å². The number of nitrogens with zero attached hydrogens (tertiary/aromatic N) is 1. The molecule has 2 fully saturated rings. The van der Waals surface area contributed by atoms with Gasteiger partial charge in [0.15, 0.2) is 12.1 Å². The van der Waals surface area contributed by atoms with Gasteiger partial charge in [-0.25, -0.2) is 0 Å². The van der Waals surface area contributed by atoms with E-state index in [0.29, 0.717) is 19.4 Å². The number of cyclic esters (lactones) is 1. The monoisotopic (exact) mass is 625 g/mol. The summed E-state index contributed by atoms with van der Waals surface area (Å²) < 4.78 is 24.2. The average molecular weight is 626 g/mol. The fraction of sp³-hybridized carbons (Fsp3) is 0.848. The summed E-state index contributed by atoms with van der Waals surface area (Å²) in [6.07, 6.45) is 0.345. The van der Waals surface area contributed by atoms with Crippen LogP contribution in [0.5, 0.6) is 0 Å². The minimum Gasteiger partial charge on any atom is -0.459 e. The Morgan fingerprint density at radius 3 is 2.23 bits per heavy atom. The predicted octanol–water partition coefficient (Wildman–Crippen LogP) is 2.12. The van der Waals surface area contributed by atoms with E-state index in [1.54, 1.807) is 27.7 Å². The van der Waals surface area contributed by atoms with Crippen LogP contribution in [0.4, 0.5) is 0 Å². The molecule has 0 bridgehead atoms. The van der Waals surface area contributed by atoms with Crippen molar-refractivity contribution in [2.45, 2.75) is 135 Å². The SMILES string of the molecule is C#CCCN(C)[C@H]1C[C@@H](C)O[C@@H](O[C@@H]2[C@@H](C)C(=O)[C@@H](C)C(=O)O[C@H](CC)[C@@](C)(O)[C@H](O)[C@@H](C)C(=O)[C@H](C)C[C@@]2(C)OC)[C@@H]1O. The van der Waals surface area contributed by atoms with E-state index in [9.17, 15) is 29.7 Å². The molecule has 0 aromatic carbocycles. The van der Waals surface area contributed by atoms with Crippen molar-refractivity contribution in [3.05, 3.63) is 0 Å². The lowest BCUT2D eigenvalue weighted by molar-refractivity contribution is -0.296. The van der Waals surface area contributed by atoms with E-state index >= 15 is 0 Å². The van der Waals surface area contributed by atoms with Gasteiger partial charge in [-0.15, -0.1) is 12.3 Å². The molecule has 2 heterocycles. The molecule has 0 amide bonds. The Morgan fingerprint density at radius 2 is 1.68 bits per heavy atom. The zero-order valence-corrected chi connectivity index (χ0v) is 28.1. The Balaban J connectivity index is 2.59. The number of carbonyl (C=O) groups is 3. The van der Waals surface area contributed by atoms with Gasteiger partial charge in [0.05, 0.1) is 23.9 Å². The van der Waals surface area contributed by atoms with Crippen LogP contribution in [0.25, 0.3) is 0 Å². The Kier molecular flexibility index (Phi) is 13.6. The topological polar surface area (TPSA) is 152 Å². The third-order valence-electron chi connectivity index (χ3n) is 9.82. The number of carbonyl (C=O) groups excluding carboxylic acids is 3. The van der Waals surface area contributed by atoms with Gasteiger partial charge in [0, 0.05) is 43.9 Å². The first kappa shape index (κ1) is 38.3. The first-order valence-corrected chi connectivity index (χ1v) is 15.7. The van der Waals surface area contributed by atoms with Gasteiger partial charge in [-0.1, -0.05) is 27.7 Å². The highest BCUT2D eigenvalue weighted by molar-refractivity contribution is 6.00. The molecular weight excluding hydrogens is 570 g/mol. The van der Waals surface area contributed by atoms with E-state index in [4.69, 9.17) is 25.4 Å². The fourth-order valence-electron chi connectivity index (χ4n) is 6.76. The first-order valence-electron chi connectivity index (χ1n) is 15.7. The zero-order valence-electron chi connectivity index (χ0n) is 28.1. The summed E-state index contributed by atoms with van der Waals surface area (Å²) in [7, 11) is 3.31. The minimum absolute atomic E-state index is 0.0731. The van der Waals surface area contributed by atoms with Crippen LogP contribution in [0, 0.1) is 36.0 Å². The Morgan fingerprint density at radius 1 is 1.07 bits per heavy atom. The maximum Gasteiger partial charge on any atom is 0.316 e. The highest BCUT2D eigenvalue weighted by Gasteiger charge is 2.52. The van der Waals surface area contributed by atoms with E-state index in [1.165, 1.54) is 27.9 Å². The smallest absolute Gasteiger partial charge is 0.316 e. The zero-order chi connectivity index (χ0) is 33.7. The van der Waals surface area contributed by atoms with Crippen molar-refractivity contribution in [3.8, 4) is 12.3 Å². The highest BCUT2D eigenvalue weighted by Crippen LogP contribution is 2.38. The van der Waals surface area contributed by atoms with Crippen molar-refractivity contribution in [3.63, 3.8) is 0 Å². The third kappa shape index (κ3) is 8.27. The maximum atomic E-state index is 13.9. The summed E-state index contributed by atoms with van der Waals surface area (Å²) in [6, 6.07) is -0.342. The lowest BCUT2D eigenvalue weighted by atomic mass is 9.74. The molecular formula is C33H55NO10. The predicted molar refractivity (Wildman–Crippen MR) is 163 cm³/mol. The molecule has 0 spiro atoms. The maximum absolute atomic E-state index is 13.9. The van der Waals surface area contributed by atoms with Gasteiger partial charge in [-0.3, -0.25) is 19.3 Å². The second kappa shape index (κ2) is 15.6. The summed E-state index contributed by atoms with van der Waals surface area (Å²) >= 11 is 0. The summed E-state index contributed by atoms with van der Waals surface area (Å²) in [5.74, 6) is -3.06. The Bertz CT molecular complexity index is 1040. The number of likely N-dealkylation sites (N-methyl/N-ethyl adjacent to an activating group) is 1. The molecule has 3 N–H and O–H groups in total. The summed E-state index contributed by atoms with van der Waals surface area (Å²) in [5, 5.41) is 33.8. The molecule has 13 atom stereocenters. The van der Waals surface area contributed by atoms with Crippen molar-refractivity contribution in [1.29, 1.82) is 0 Å². The number of aliphatic hydroxyl groups is 3. The van der Waals surface area contributed by atoms with Gasteiger partial charge in [0.1, 0.15) is 29.5 Å². The molecule has 11 nitrogen and oxygen atoms in total. The van der Waals surface area contributed by atoms with Crippen LogP contribution >= 0.6 is 0 Å². The number of esters is 1. The number of Topliss-reactive ketones (excluding diaryl/α,β-unsaturated/α-hetero) is 2. The average Bonchev–Trinajstić information content (AvgIpc) is 2.99. The van der Waals surface area contributed by atoms with Gasteiger partial charge < -0.3 is 34.3 Å². The van der Waals surface area contributed by atoms with Gasteiger partial charge in [0.25, 0.3) is 0 Å². The summed E-state index contributed by atoms with van der Waals surface area (Å²) in [5.41, 5.74) is -3.24. The molecule has 2 aliphatic rings. The second-order valence-corrected chi connectivity index (χ2v) is 13.3. The van der Waals surface area contributed by atoms with Crippen LogP contribution in [0.15, 0.2) is 0 Å². The lowest BCUT2D eigenvalue weighted by Crippen LogP contribution is -2.60. The molecule has 2 aliphatic heterocycles. The van der Waals surface area contributed by atoms with Crippen molar-refractivity contribution in [2.75, 3.05) is 20.7 Å². The van der Waals surface area contributed by atoms with Crippen LogP contribution < -0.4 is 0 Å². The molecule has 0 unspecified atom stereocenters. The van der Waals surface area contributed by atoms with E-state index in [0.717, 1.165) is 0 Å². The number of ether oxygens (including phenoxy) is 4. The number of aliphatic hydroxyl groups excluding tert-OH is 2. The summed E-state index contributed by atoms with van der Waals surface area (Å²) in [4.78, 5) is 42.8. The van der Waals surface area contributed by atoms with E-state index in [2.05, 4.69) is 5.92 Å². The quantitative estimate of drug-likeness (QED) is 0.217. The van der Waals surface area contributed by atoms with Crippen LogP contribution in [0.2, 0.25) is 0 Å². The molecule has 44 heavy (non-hydrogen) atoms. The summed E-state index contributed by atoms with van der Waals surface area (Å²) in [6.45, 7) is 13.4. The largest absolute Gasteiger partial charge is 0.459 e. The van der Waals surface area contributed by atoms with E-state index < -0.39 is 77.3 Å². The second-order valence-electron chi connectivity index (χ2n) is 13.3. The number of hydrogen-bond acceptors (Lipinski definition) is 11. The standard InChI is InChI=1S/C33H55NO10/c1-12-14-15-34(10)23-16-19(4)42-31(27(23)37)44-29-21(6)26(36)22(7)30(39)43-24(13-2)33(9,40)28(38)20(5)25(35)18(3)17-32(29,8)41-11/h1,18-24,27-29,31,37-38,40H,13-17H2,2-11H3/t18-,19-,20+,21+,22-,23+,24-,27-,28-,29-,31+,32-,33-/m1/s1. The minimum atomic E-state index is -1.96. The van der Waals surface area contributed by atoms with Crippen LogP contribution in [0.3, 0.4) is 0 Å². The van der Waals surface area contributed by atoms with Gasteiger partial charge in [-0.2, -0.15) is 0 Å². The molecule has 11 heteroatoms. The molecule has 0 radical (unpaired) electrons. The normalized spacial score (nSPS) is 43.3. The van der Waals surface area contributed by atoms with Crippen molar-refractivity contribution >= 4 is 17.5 Å². The van der Waals surface area contributed by atoms with Crippen LogP contribution in [0.1, 0.15) is 81.1 Å². The molecule has 2 saturated heterocycles. The van der Waals surface area contributed by atoms with Crippen molar-refractivity contribution in [2.24, 2.45) is 23.7 Å². The number of terminal acetylenes is 1. The van der Waals surface area contributed by atoms with Gasteiger partial charge >= 0.3 is 5.97 Å². The van der Waals surface area contributed by atoms with E-state index in [-0.39, 0.29) is 30.8 Å². The Labute approximate surface area is 262 Å². The highest BCUT2D eigenvalue weighted by atomic mass is 16.7. The molecule has 0 aromatic heterocycles. The molecule has 2 rings (SSSR count). The van der Waals surface area contributed by atoms with Crippen LogP contribution in [-0.2, 0) is 33.3 Å². The number of ketones is 2. The van der Waals surface area contributed by atoms with Gasteiger partial charge in [0.2, 0.25) is 0 Å². The number of methoxy groups -OCH3 is 1. The first-order chi connectivity index (χ1) is 20.4. The molecule has 0 aliphatic carbocycles. The molecule has 0 aromatic rings. The van der Waals surface area contributed by atoms with Crippen molar-refractivity contribution in [1.82, 2.24) is 4.90 Å². The number of hydrogen-bond donors (Lipinski definition) is 3. The third-order valence-corrected chi connectivity index (χ3v) is 9.82. The lowest BCUT2D eigenvalue weighted by Gasteiger charge is -2.47. The van der Waals surface area contributed by atoms with Gasteiger partial charge in [-0.05, 0) is 54.0 Å².